The lowest BCUT2D eigenvalue weighted by Crippen LogP contribution is -2.50. The van der Waals surface area contributed by atoms with Gasteiger partial charge in [0.1, 0.15) is 0 Å². The second-order valence-corrected chi connectivity index (χ2v) is 8.09. The predicted molar refractivity (Wildman–Crippen MR) is 95.2 cm³/mol. The summed E-state index contributed by atoms with van der Waals surface area (Å²) >= 11 is 1.42. The van der Waals surface area contributed by atoms with Crippen LogP contribution in [-0.4, -0.2) is 47.7 Å². The van der Waals surface area contributed by atoms with Gasteiger partial charge < -0.3 is 4.90 Å². The van der Waals surface area contributed by atoms with E-state index in [0.717, 1.165) is 24.2 Å². The van der Waals surface area contributed by atoms with Gasteiger partial charge in [-0.1, -0.05) is 11.8 Å². The van der Waals surface area contributed by atoms with Crippen LogP contribution in [0.1, 0.15) is 51.4 Å². The average molecular weight is 347 g/mol. The van der Waals surface area contributed by atoms with Crippen molar-refractivity contribution in [2.75, 3.05) is 0 Å². The van der Waals surface area contributed by atoms with E-state index in [1.807, 2.05) is 31.7 Å². The summed E-state index contributed by atoms with van der Waals surface area (Å²) in [4.78, 5) is 23.8. The molecule has 7 heteroatoms. The van der Waals surface area contributed by atoms with Crippen molar-refractivity contribution in [3.05, 3.63) is 17.5 Å². The molecule has 3 atom stereocenters. The maximum atomic E-state index is 12.9. The van der Waals surface area contributed by atoms with Crippen molar-refractivity contribution < 1.29 is 4.79 Å². The highest BCUT2D eigenvalue weighted by atomic mass is 32.2. The van der Waals surface area contributed by atoms with Gasteiger partial charge in [-0.05, 0) is 59.9 Å². The van der Waals surface area contributed by atoms with Crippen LogP contribution in [0.25, 0.3) is 5.78 Å². The minimum atomic E-state index is -0.202. The SMILES string of the molecule is Cc1cc(C)n2nc(S[C@@H](C)C(=O)N3[C@H](C)CCC[C@@H]3C)nc2n1. The highest BCUT2D eigenvalue weighted by Gasteiger charge is 2.32. The fourth-order valence-corrected chi connectivity index (χ4v) is 4.27. The molecule has 0 saturated carbocycles. The molecule has 2 aromatic heterocycles. The molecular formula is C17H25N5OS. The van der Waals surface area contributed by atoms with Crippen molar-refractivity contribution in [3.8, 4) is 0 Å². The quantitative estimate of drug-likeness (QED) is 0.799. The van der Waals surface area contributed by atoms with Crippen molar-refractivity contribution in [2.24, 2.45) is 0 Å². The zero-order valence-corrected chi connectivity index (χ0v) is 15.8. The van der Waals surface area contributed by atoms with Crippen LogP contribution in [0.5, 0.6) is 0 Å². The van der Waals surface area contributed by atoms with Gasteiger partial charge in [-0.25, -0.2) is 9.50 Å². The minimum absolute atomic E-state index is 0.180. The van der Waals surface area contributed by atoms with Crippen molar-refractivity contribution >= 4 is 23.4 Å². The molecule has 3 rings (SSSR count). The molecule has 1 saturated heterocycles. The summed E-state index contributed by atoms with van der Waals surface area (Å²) in [5.74, 6) is 0.772. The molecule has 1 aliphatic rings. The Morgan fingerprint density at radius 3 is 2.58 bits per heavy atom. The largest absolute Gasteiger partial charge is 0.336 e. The molecule has 0 bridgehead atoms. The van der Waals surface area contributed by atoms with Crippen LogP contribution in [0.15, 0.2) is 11.2 Å². The third kappa shape index (κ3) is 3.27. The number of thioether (sulfide) groups is 1. The van der Waals surface area contributed by atoms with Crippen molar-refractivity contribution in [2.45, 2.75) is 76.4 Å². The van der Waals surface area contributed by atoms with E-state index in [4.69, 9.17) is 0 Å². The van der Waals surface area contributed by atoms with E-state index in [1.54, 1.807) is 4.52 Å². The van der Waals surface area contributed by atoms with Gasteiger partial charge in [-0.2, -0.15) is 4.98 Å². The summed E-state index contributed by atoms with van der Waals surface area (Å²) in [6.07, 6.45) is 3.37. The lowest BCUT2D eigenvalue weighted by Gasteiger charge is -2.40. The molecule has 1 fully saturated rings. The number of aromatic nitrogens is 4. The molecular weight excluding hydrogens is 322 g/mol. The van der Waals surface area contributed by atoms with Crippen molar-refractivity contribution in [1.29, 1.82) is 0 Å². The molecule has 3 heterocycles. The Labute approximate surface area is 147 Å². The first-order chi connectivity index (χ1) is 11.4. The van der Waals surface area contributed by atoms with Gasteiger partial charge in [0.05, 0.1) is 5.25 Å². The van der Waals surface area contributed by atoms with Crippen LogP contribution in [0.4, 0.5) is 0 Å². The number of fused-ring (bicyclic) bond motifs is 1. The summed E-state index contributed by atoms with van der Waals surface area (Å²) < 4.78 is 1.73. The molecule has 0 aliphatic carbocycles. The molecule has 6 nitrogen and oxygen atoms in total. The lowest BCUT2D eigenvalue weighted by atomic mass is 9.97. The second kappa shape index (κ2) is 6.70. The Hall–Kier alpha value is -1.63. The Balaban J connectivity index is 1.78. The zero-order chi connectivity index (χ0) is 17.4. The number of piperidine rings is 1. The number of likely N-dealkylation sites (tertiary alicyclic amines) is 1. The number of hydrogen-bond acceptors (Lipinski definition) is 5. The summed E-state index contributed by atoms with van der Waals surface area (Å²) in [6, 6.07) is 2.59. The third-order valence-electron chi connectivity index (χ3n) is 4.68. The van der Waals surface area contributed by atoms with E-state index >= 15 is 0 Å². The fraction of sp³-hybridized carbons (Fsp3) is 0.647. The minimum Gasteiger partial charge on any atom is -0.336 e. The van der Waals surface area contributed by atoms with E-state index < -0.39 is 0 Å². The van der Waals surface area contributed by atoms with Crippen LogP contribution < -0.4 is 0 Å². The average Bonchev–Trinajstić information content (AvgIpc) is 2.89. The first kappa shape index (κ1) is 17.2. The molecule has 0 unspecified atom stereocenters. The maximum absolute atomic E-state index is 12.9. The molecule has 0 radical (unpaired) electrons. The number of aryl methyl sites for hydroxylation is 2. The lowest BCUT2D eigenvalue weighted by molar-refractivity contribution is -0.136. The number of amides is 1. The zero-order valence-electron chi connectivity index (χ0n) is 15.0. The normalized spacial score (nSPS) is 22.8. The van der Waals surface area contributed by atoms with Gasteiger partial charge in [0.15, 0.2) is 0 Å². The first-order valence-corrected chi connectivity index (χ1v) is 9.44. The highest BCUT2D eigenvalue weighted by Crippen LogP contribution is 2.28. The molecule has 130 valence electrons. The monoisotopic (exact) mass is 347 g/mol. The third-order valence-corrected chi connectivity index (χ3v) is 5.62. The maximum Gasteiger partial charge on any atom is 0.253 e. The molecule has 1 aliphatic heterocycles. The fourth-order valence-electron chi connectivity index (χ4n) is 3.47. The molecule has 0 spiro atoms. The van der Waals surface area contributed by atoms with Crippen LogP contribution in [-0.2, 0) is 4.79 Å². The van der Waals surface area contributed by atoms with Gasteiger partial charge in [0, 0.05) is 23.5 Å². The van der Waals surface area contributed by atoms with Gasteiger partial charge in [0.25, 0.3) is 5.78 Å². The van der Waals surface area contributed by atoms with Gasteiger partial charge in [-0.15, -0.1) is 5.10 Å². The van der Waals surface area contributed by atoms with Crippen LogP contribution in [0.2, 0.25) is 0 Å². The second-order valence-electron chi connectivity index (χ2n) is 6.78. The standard InChI is InChI=1S/C17H25N5OS/c1-10-9-13(4)22-16(18-10)19-17(20-22)24-14(5)15(23)21-11(2)7-6-8-12(21)3/h9,11-12,14H,6-8H2,1-5H3/t11-,12+,14-/m0/s1. The summed E-state index contributed by atoms with van der Waals surface area (Å²) in [5.41, 5.74) is 1.91. The van der Waals surface area contributed by atoms with Crippen LogP contribution in [0, 0.1) is 13.8 Å². The summed E-state index contributed by atoms with van der Waals surface area (Å²) in [6.45, 7) is 10.2. The number of carbonyl (C=O) groups is 1. The van der Waals surface area contributed by atoms with Gasteiger partial charge >= 0.3 is 0 Å². The van der Waals surface area contributed by atoms with Crippen molar-refractivity contribution in [1.82, 2.24) is 24.5 Å². The smallest absolute Gasteiger partial charge is 0.253 e. The number of rotatable bonds is 3. The van der Waals surface area contributed by atoms with Gasteiger partial charge in [-0.3, -0.25) is 4.79 Å². The molecule has 2 aromatic rings. The topological polar surface area (TPSA) is 63.4 Å². The van der Waals surface area contributed by atoms with Crippen LogP contribution >= 0.6 is 11.8 Å². The molecule has 0 aromatic carbocycles. The number of carbonyl (C=O) groups excluding carboxylic acids is 1. The summed E-state index contributed by atoms with van der Waals surface area (Å²) in [5, 5.41) is 4.90. The molecule has 0 N–H and O–H groups in total. The van der Waals surface area contributed by atoms with E-state index in [1.165, 1.54) is 18.2 Å². The van der Waals surface area contributed by atoms with Crippen molar-refractivity contribution in [3.63, 3.8) is 0 Å². The Kier molecular flexibility index (Phi) is 4.80. The highest BCUT2D eigenvalue weighted by molar-refractivity contribution is 8.00. The first-order valence-electron chi connectivity index (χ1n) is 8.56. The molecule has 1 amide bonds. The van der Waals surface area contributed by atoms with Crippen LogP contribution in [0.3, 0.4) is 0 Å². The molecule has 24 heavy (non-hydrogen) atoms. The predicted octanol–water partition coefficient (Wildman–Crippen LogP) is 3.01. The Morgan fingerprint density at radius 1 is 1.25 bits per heavy atom. The van der Waals surface area contributed by atoms with E-state index in [-0.39, 0.29) is 11.2 Å². The van der Waals surface area contributed by atoms with E-state index in [0.29, 0.717) is 23.0 Å². The van der Waals surface area contributed by atoms with E-state index in [2.05, 4.69) is 28.9 Å². The van der Waals surface area contributed by atoms with Gasteiger partial charge in [0.2, 0.25) is 11.1 Å². The number of nitrogens with zero attached hydrogens (tertiary/aromatic N) is 5. The summed E-state index contributed by atoms with van der Waals surface area (Å²) in [7, 11) is 0. The Bertz CT molecular complexity index is 749. The Morgan fingerprint density at radius 2 is 1.92 bits per heavy atom. The number of hydrogen-bond donors (Lipinski definition) is 0. The van der Waals surface area contributed by atoms with E-state index in [9.17, 15) is 4.79 Å².